The maximum atomic E-state index is 12.5. The number of nitrogens with zero attached hydrogens (tertiary/aromatic N) is 1. The van der Waals surface area contributed by atoms with Crippen molar-refractivity contribution in [1.82, 2.24) is 9.62 Å². The summed E-state index contributed by atoms with van der Waals surface area (Å²) in [6.07, 6.45) is 0. The van der Waals surface area contributed by atoms with Crippen LogP contribution in [-0.2, 0) is 14.8 Å². The number of ether oxygens (including phenoxy) is 1. The summed E-state index contributed by atoms with van der Waals surface area (Å²) in [4.78, 5) is 4.46. The normalized spacial score (nSPS) is 18.1. The van der Waals surface area contributed by atoms with Gasteiger partial charge in [0.25, 0.3) is 0 Å². The van der Waals surface area contributed by atoms with Gasteiger partial charge < -0.3 is 4.74 Å². The Bertz CT molecular complexity index is 719. The summed E-state index contributed by atoms with van der Waals surface area (Å²) in [7, 11) is -3.45. The Balaban J connectivity index is 1.73. The SMILES string of the molecule is Cc1ccc(S(=O)(=O)NC[C@H](c2cccs2)N2CCOCC2)s1. The molecule has 0 radical (unpaired) electrons. The zero-order valence-electron chi connectivity index (χ0n) is 12.9. The number of hydrogen-bond donors (Lipinski definition) is 1. The first-order chi connectivity index (χ1) is 11.1. The fourth-order valence-corrected chi connectivity index (χ4v) is 5.82. The highest BCUT2D eigenvalue weighted by molar-refractivity contribution is 7.91. The number of nitrogens with one attached hydrogen (secondary N) is 1. The maximum absolute atomic E-state index is 12.5. The number of aryl methyl sites for hydroxylation is 1. The second kappa shape index (κ2) is 7.42. The molecule has 3 heterocycles. The topological polar surface area (TPSA) is 58.6 Å². The third kappa shape index (κ3) is 4.20. The van der Waals surface area contributed by atoms with Crippen molar-refractivity contribution in [2.75, 3.05) is 32.8 Å². The van der Waals surface area contributed by atoms with Crippen molar-refractivity contribution in [2.24, 2.45) is 0 Å². The molecule has 1 atom stereocenters. The van der Waals surface area contributed by atoms with Crippen LogP contribution in [-0.4, -0.2) is 46.2 Å². The molecule has 0 saturated carbocycles. The summed E-state index contributed by atoms with van der Waals surface area (Å²) >= 11 is 2.96. The second-order valence-corrected chi connectivity index (χ2v) is 9.66. The Hall–Kier alpha value is -0.770. The summed E-state index contributed by atoms with van der Waals surface area (Å²) in [6.45, 7) is 5.31. The van der Waals surface area contributed by atoms with Crippen LogP contribution in [0, 0.1) is 6.92 Å². The summed E-state index contributed by atoms with van der Waals surface area (Å²) in [5, 5.41) is 2.03. The zero-order valence-corrected chi connectivity index (χ0v) is 15.3. The van der Waals surface area contributed by atoms with Gasteiger partial charge in [0.05, 0.1) is 19.3 Å². The zero-order chi connectivity index (χ0) is 16.3. The van der Waals surface area contributed by atoms with E-state index < -0.39 is 10.0 Å². The van der Waals surface area contributed by atoms with Crippen LogP contribution >= 0.6 is 22.7 Å². The molecule has 0 bridgehead atoms. The Morgan fingerprint density at radius 3 is 2.70 bits per heavy atom. The average molecular weight is 373 g/mol. The number of sulfonamides is 1. The summed E-state index contributed by atoms with van der Waals surface area (Å²) < 4.78 is 33.5. The van der Waals surface area contributed by atoms with Crippen molar-refractivity contribution in [3.05, 3.63) is 39.4 Å². The molecule has 1 aliphatic heterocycles. The number of rotatable bonds is 6. The first kappa shape index (κ1) is 17.1. The second-order valence-electron chi connectivity index (χ2n) is 5.40. The van der Waals surface area contributed by atoms with E-state index >= 15 is 0 Å². The lowest BCUT2D eigenvalue weighted by Crippen LogP contribution is -2.43. The van der Waals surface area contributed by atoms with Gasteiger partial charge in [-0.1, -0.05) is 6.07 Å². The Labute approximate surface area is 145 Å². The van der Waals surface area contributed by atoms with Crippen LogP contribution in [0.5, 0.6) is 0 Å². The van der Waals surface area contributed by atoms with Gasteiger partial charge in [0.2, 0.25) is 10.0 Å². The van der Waals surface area contributed by atoms with Crippen molar-refractivity contribution in [2.45, 2.75) is 17.2 Å². The lowest BCUT2D eigenvalue weighted by molar-refractivity contribution is 0.0179. The van der Waals surface area contributed by atoms with Crippen LogP contribution in [0.25, 0.3) is 0 Å². The molecule has 0 unspecified atom stereocenters. The van der Waals surface area contributed by atoms with Crippen molar-refractivity contribution in [3.63, 3.8) is 0 Å². The molecule has 1 saturated heterocycles. The van der Waals surface area contributed by atoms with Crippen molar-refractivity contribution in [3.8, 4) is 0 Å². The average Bonchev–Trinajstić information content (AvgIpc) is 3.20. The van der Waals surface area contributed by atoms with Crippen LogP contribution in [0.4, 0.5) is 0 Å². The minimum atomic E-state index is -3.45. The van der Waals surface area contributed by atoms with E-state index in [2.05, 4.69) is 15.7 Å². The molecule has 23 heavy (non-hydrogen) atoms. The van der Waals surface area contributed by atoms with Gasteiger partial charge in [-0.3, -0.25) is 4.90 Å². The summed E-state index contributed by atoms with van der Waals surface area (Å²) in [6, 6.07) is 7.61. The molecule has 2 aromatic rings. The monoisotopic (exact) mass is 372 g/mol. The van der Waals surface area contributed by atoms with E-state index in [1.807, 2.05) is 24.4 Å². The van der Waals surface area contributed by atoms with Crippen molar-refractivity contribution in [1.29, 1.82) is 0 Å². The largest absolute Gasteiger partial charge is 0.379 e. The van der Waals surface area contributed by atoms with E-state index in [9.17, 15) is 8.42 Å². The lowest BCUT2D eigenvalue weighted by Gasteiger charge is -2.34. The molecule has 2 aromatic heterocycles. The molecule has 5 nitrogen and oxygen atoms in total. The third-order valence-corrected chi connectivity index (χ3v) is 7.69. The third-order valence-electron chi connectivity index (χ3n) is 3.81. The molecule has 0 aromatic carbocycles. The van der Waals surface area contributed by atoms with E-state index in [1.165, 1.54) is 16.2 Å². The van der Waals surface area contributed by atoms with Gasteiger partial charge in [-0.25, -0.2) is 13.1 Å². The van der Waals surface area contributed by atoms with E-state index in [0.29, 0.717) is 24.0 Å². The van der Waals surface area contributed by atoms with Crippen LogP contribution in [0.15, 0.2) is 33.9 Å². The van der Waals surface area contributed by atoms with Crippen molar-refractivity contribution < 1.29 is 13.2 Å². The molecule has 3 rings (SSSR count). The molecule has 0 spiro atoms. The van der Waals surface area contributed by atoms with Gasteiger partial charge >= 0.3 is 0 Å². The van der Waals surface area contributed by atoms with E-state index in [1.54, 1.807) is 17.4 Å². The first-order valence-corrected chi connectivity index (χ1v) is 10.7. The first-order valence-electron chi connectivity index (χ1n) is 7.47. The Morgan fingerprint density at radius 1 is 1.30 bits per heavy atom. The predicted octanol–water partition coefficient (Wildman–Crippen LogP) is 2.47. The molecule has 1 aliphatic rings. The molecular weight excluding hydrogens is 352 g/mol. The minimum Gasteiger partial charge on any atom is -0.379 e. The van der Waals surface area contributed by atoms with Gasteiger partial charge in [-0.15, -0.1) is 22.7 Å². The van der Waals surface area contributed by atoms with E-state index in [-0.39, 0.29) is 6.04 Å². The fourth-order valence-electron chi connectivity index (χ4n) is 2.60. The van der Waals surface area contributed by atoms with Gasteiger partial charge in [0, 0.05) is 29.4 Å². The molecule has 1 fully saturated rings. The van der Waals surface area contributed by atoms with Crippen LogP contribution in [0.1, 0.15) is 15.8 Å². The fraction of sp³-hybridized carbons (Fsp3) is 0.467. The van der Waals surface area contributed by atoms with Gasteiger partial charge in [-0.2, -0.15) is 0 Å². The highest BCUT2D eigenvalue weighted by Gasteiger charge is 2.26. The van der Waals surface area contributed by atoms with Gasteiger partial charge in [-0.05, 0) is 30.5 Å². The lowest BCUT2D eigenvalue weighted by atomic mass is 10.2. The highest BCUT2D eigenvalue weighted by atomic mass is 32.2. The molecule has 1 N–H and O–H groups in total. The maximum Gasteiger partial charge on any atom is 0.250 e. The molecule has 0 aliphatic carbocycles. The minimum absolute atomic E-state index is 0.0507. The smallest absolute Gasteiger partial charge is 0.250 e. The number of morpholine rings is 1. The van der Waals surface area contributed by atoms with Gasteiger partial charge in [0.1, 0.15) is 4.21 Å². The molecular formula is C15H20N2O3S3. The summed E-state index contributed by atoms with van der Waals surface area (Å²) in [5.41, 5.74) is 0. The molecule has 0 amide bonds. The van der Waals surface area contributed by atoms with E-state index in [4.69, 9.17) is 4.74 Å². The standard InChI is InChI=1S/C15H20N2O3S3/c1-12-4-5-15(22-12)23(18,19)16-11-13(14-3-2-10-21-14)17-6-8-20-9-7-17/h2-5,10,13,16H,6-9,11H2,1H3/t13-/m1/s1. The summed E-state index contributed by atoms with van der Waals surface area (Å²) in [5.74, 6) is 0. The predicted molar refractivity (Wildman–Crippen MR) is 93.7 cm³/mol. The van der Waals surface area contributed by atoms with Crippen molar-refractivity contribution >= 4 is 32.7 Å². The quantitative estimate of drug-likeness (QED) is 0.846. The van der Waals surface area contributed by atoms with Crippen LogP contribution < -0.4 is 4.72 Å². The Kier molecular flexibility index (Phi) is 5.50. The number of hydrogen-bond acceptors (Lipinski definition) is 6. The van der Waals surface area contributed by atoms with Crippen LogP contribution in [0.2, 0.25) is 0 Å². The van der Waals surface area contributed by atoms with Gasteiger partial charge in [0.15, 0.2) is 0 Å². The Morgan fingerprint density at radius 2 is 2.09 bits per heavy atom. The van der Waals surface area contributed by atoms with Crippen LogP contribution in [0.3, 0.4) is 0 Å². The molecule has 126 valence electrons. The van der Waals surface area contributed by atoms with E-state index in [0.717, 1.165) is 18.0 Å². The highest BCUT2D eigenvalue weighted by Crippen LogP contribution is 2.27. The molecule has 8 heteroatoms. The number of thiophene rings is 2.